The fourth-order valence-electron chi connectivity index (χ4n) is 2.58. The van der Waals surface area contributed by atoms with Crippen molar-refractivity contribution in [3.05, 3.63) is 0 Å². The van der Waals surface area contributed by atoms with E-state index >= 15 is 0 Å². The normalized spacial score (nSPS) is 23.2. The van der Waals surface area contributed by atoms with Crippen molar-refractivity contribution in [2.45, 2.75) is 52.0 Å². The molecule has 0 bridgehead atoms. The van der Waals surface area contributed by atoms with Gasteiger partial charge in [0.25, 0.3) is 0 Å². The van der Waals surface area contributed by atoms with Crippen molar-refractivity contribution in [1.82, 2.24) is 9.80 Å². The molecule has 2 atom stereocenters. The molecule has 1 aliphatic rings. The number of hydrogen-bond donors (Lipinski definition) is 1. The summed E-state index contributed by atoms with van der Waals surface area (Å²) < 4.78 is 0. The average Bonchev–Trinajstić information content (AvgIpc) is 2.43. The number of carboxylic acid groups (broad SMARTS) is 1. The molecular weight excluding hydrogens is 244 g/mol. The van der Waals surface area contributed by atoms with E-state index in [1.807, 2.05) is 0 Å². The number of nitrogens with zero attached hydrogens (tertiary/aromatic N) is 2. The first kappa shape index (κ1) is 15.8. The van der Waals surface area contributed by atoms with Crippen molar-refractivity contribution in [1.29, 1.82) is 0 Å². The summed E-state index contributed by atoms with van der Waals surface area (Å²) in [6.07, 6.45) is 4.45. The lowest BCUT2D eigenvalue weighted by Gasteiger charge is -2.38. The molecule has 0 saturated carbocycles. The summed E-state index contributed by atoms with van der Waals surface area (Å²) >= 11 is 0. The van der Waals surface area contributed by atoms with Crippen molar-refractivity contribution in [3.8, 4) is 0 Å². The molecule has 1 heterocycles. The maximum absolute atomic E-state index is 12.3. The molecule has 110 valence electrons. The highest BCUT2D eigenvalue weighted by molar-refractivity contribution is 5.82. The molecule has 5 heteroatoms. The molecule has 1 aliphatic heterocycles. The van der Waals surface area contributed by atoms with E-state index in [2.05, 4.69) is 13.8 Å². The molecule has 1 fully saturated rings. The van der Waals surface area contributed by atoms with Crippen LogP contribution in [0.1, 0.15) is 46.0 Å². The SMILES string of the molecule is CCCCN(C)C(=O)N1CCC(CC)CC1C(=O)O. The zero-order chi connectivity index (χ0) is 14.4. The summed E-state index contributed by atoms with van der Waals surface area (Å²) in [5.74, 6) is -0.457. The Balaban J connectivity index is 2.68. The van der Waals surface area contributed by atoms with Crippen LogP contribution in [-0.4, -0.2) is 53.1 Å². The van der Waals surface area contributed by atoms with Crippen LogP contribution < -0.4 is 0 Å². The number of unbranched alkanes of at least 4 members (excludes halogenated alkanes) is 1. The average molecular weight is 270 g/mol. The molecule has 2 unspecified atom stereocenters. The lowest BCUT2D eigenvalue weighted by molar-refractivity contribution is -0.144. The number of urea groups is 1. The van der Waals surface area contributed by atoms with E-state index in [4.69, 9.17) is 0 Å². The van der Waals surface area contributed by atoms with Crippen LogP contribution in [-0.2, 0) is 4.79 Å². The molecule has 0 aromatic heterocycles. The van der Waals surface area contributed by atoms with Gasteiger partial charge in [-0.05, 0) is 25.2 Å². The monoisotopic (exact) mass is 270 g/mol. The van der Waals surface area contributed by atoms with E-state index in [9.17, 15) is 14.7 Å². The second-order valence-corrected chi connectivity index (χ2v) is 5.40. The second-order valence-electron chi connectivity index (χ2n) is 5.40. The number of aliphatic carboxylic acids is 1. The third-order valence-corrected chi connectivity index (χ3v) is 3.99. The third kappa shape index (κ3) is 4.11. The molecule has 0 aliphatic carbocycles. The first-order valence-corrected chi connectivity index (χ1v) is 7.25. The Bertz CT molecular complexity index is 320. The Morgan fingerprint density at radius 3 is 2.58 bits per heavy atom. The highest BCUT2D eigenvalue weighted by atomic mass is 16.4. The minimum atomic E-state index is -0.879. The van der Waals surface area contributed by atoms with E-state index in [1.54, 1.807) is 11.9 Å². The van der Waals surface area contributed by atoms with Crippen LogP contribution in [0, 0.1) is 5.92 Å². The zero-order valence-corrected chi connectivity index (χ0v) is 12.3. The van der Waals surface area contributed by atoms with Crippen LogP contribution in [0.25, 0.3) is 0 Å². The number of rotatable bonds is 5. The van der Waals surface area contributed by atoms with Crippen LogP contribution in [0.4, 0.5) is 4.79 Å². The molecule has 0 radical (unpaired) electrons. The fourth-order valence-corrected chi connectivity index (χ4v) is 2.58. The zero-order valence-electron chi connectivity index (χ0n) is 12.3. The minimum Gasteiger partial charge on any atom is -0.480 e. The van der Waals surface area contributed by atoms with E-state index in [0.29, 0.717) is 25.4 Å². The summed E-state index contributed by atoms with van der Waals surface area (Å²) in [4.78, 5) is 26.8. The van der Waals surface area contributed by atoms with Gasteiger partial charge in [0.15, 0.2) is 0 Å². The van der Waals surface area contributed by atoms with Gasteiger partial charge in [0.2, 0.25) is 0 Å². The number of carbonyl (C=O) groups is 2. The third-order valence-electron chi connectivity index (χ3n) is 3.99. The van der Waals surface area contributed by atoms with Gasteiger partial charge in [-0.1, -0.05) is 26.7 Å². The smallest absolute Gasteiger partial charge is 0.326 e. The molecule has 5 nitrogen and oxygen atoms in total. The number of carboxylic acids is 1. The molecule has 2 amide bonds. The van der Waals surface area contributed by atoms with E-state index in [-0.39, 0.29) is 6.03 Å². The van der Waals surface area contributed by atoms with Crippen LogP contribution in [0.5, 0.6) is 0 Å². The molecular formula is C14H26N2O3. The van der Waals surface area contributed by atoms with Crippen LogP contribution >= 0.6 is 0 Å². The summed E-state index contributed by atoms with van der Waals surface area (Å²) in [5.41, 5.74) is 0. The number of carbonyl (C=O) groups excluding carboxylic acids is 1. The number of amides is 2. The highest BCUT2D eigenvalue weighted by Crippen LogP contribution is 2.26. The first-order chi connectivity index (χ1) is 9.01. The van der Waals surface area contributed by atoms with Crippen LogP contribution in [0.15, 0.2) is 0 Å². The molecule has 19 heavy (non-hydrogen) atoms. The predicted octanol–water partition coefficient (Wildman–Crippen LogP) is 2.41. The highest BCUT2D eigenvalue weighted by Gasteiger charge is 2.36. The molecule has 1 N–H and O–H groups in total. The van der Waals surface area contributed by atoms with E-state index in [1.165, 1.54) is 4.90 Å². The predicted molar refractivity (Wildman–Crippen MR) is 74.1 cm³/mol. The van der Waals surface area contributed by atoms with Gasteiger partial charge in [-0.15, -0.1) is 0 Å². The van der Waals surface area contributed by atoms with Gasteiger partial charge in [-0.25, -0.2) is 9.59 Å². The number of hydrogen-bond acceptors (Lipinski definition) is 2. The fraction of sp³-hybridized carbons (Fsp3) is 0.857. The number of piperidine rings is 1. The van der Waals surface area contributed by atoms with Crippen molar-refractivity contribution in [3.63, 3.8) is 0 Å². The van der Waals surface area contributed by atoms with Gasteiger partial charge >= 0.3 is 12.0 Å². The maximum Gasteiger partial charge on any atom is 0.326 e. The summed E-state index contributed by atoms with van der Waals surface area (Å²) in [6, 6.07) is -0.800. The summed E-state index contributed by atoms with van der Waals surface area (Å²) in [7, 11) is 1.75. The Morgan fingerprint density at radius 2 is 2.05 bits per heavy atom. The van der Waals surface area contributed by atoms with Gasteiger partial charge < -0.3 is 14.9 Å². The summed E-state index contributed by atoms with van der Waals surface area (Å²) in [6.45, 7) is 5.40. The molecule has 1 saturated heterocycles. The Labute approximate surface area is 115 Å². The van der Waals surface area contributed by atoms with Gasteiger partial charge in [0.1, 0.15) is 6.04 Å². The Kier molecular flexibility index (Phi) is 6.12. The van der Waals surface area contributed by atoms with E-state index < -0.39 is 12.0 Å². The van der Waals surface area contributed by atoms with Gasteiger partial charge in [0.05, 0.1) is 0 Å². The lowest BCUT2D eigenvalue weighted by Crippen LogP contribution is -2.53. The van der Waals surface area contributed by atoms with Gasteiger partial charge in [0, 0.05) is 20.1 Å². The molecule has 0 spiro atoms. The summed E-state index contributed by atoms with van der Waals surface area (Å²) in [5, 5.41) is 9.32. The maximum atomic E-state index is 12.3. The largest absolute Gasteiger partial charge is 0.480 e. The molecule has 1 rings (SSSR count). The molecule has 0 aromatic rings. The van der Waals surface area contributed by atoms with E-state index in [0.717, 1.165) is 25.7 Å². The Hall–Kier alpha value is -1.26. The minimum absolute atomic E-state index is 0.143. The standard InChI is InChI=1S/C14H26N2O3/c1-4-6-8-15(3)14(19)16-9-7-11(5-2)10-12(16)13(17)18/h11-12H,4-10H2,1-3H3,(H,17,18). The van der Waals surface area contributed by atoms with Crippen LogP contribution in [0.2, 0.25) is 0 Å². The molecule has 0 aromatic carbocycles. The van der Waals surface area contributed by atoms with Gasteiger partial charge in [-0.3, -0.25) is 0 Å². The van der Waals surface area contributed by atoms with Crippen molar-refractivity contribution in [2.24, 2.45) is 5.92 Å². The topological polar surface area (TPSA) is 60.9 Å². The van der Waals surface area contributed by atoms with Crippen molar-refractivity contribution >= 4 is 12.0 Å². The number of likely N-dealkylation sites (tertiary alicyclic amines) is 1. The van der Waals surface area contributed by atoms with Crippen molar-refractivity contribution in [2.75, 3.05) is 20.1 Å². The van der Waals surface area contributed by atoms with Crippen LogP contribution in [0.3, 0.4) is 0 Å². The second kappa shape index (κ2) is 7.36. The van der Waals surface area contributed by atoms with Gasteiger partial charge in [-0.2, -0.15) is 0 Å². The van der Waals surface area contributed by atoms with Crippen molar-refractivity contribution < 1.29 is 14.7 Å². The lowest BCUT2D eigenvalue weighted by atomic mass is 9.89. The first-order valence-electron chi connectivity index (χ1n) is 7.25. The Morgan fingerprint density at radius 1 is 1.37 bits per heavy atom. The quantitative estimate of drug-likeness (QED) is 0.834.